The van der Waals surface area contributed by atoms with Crippen LogP contribution in [0.3, 0.4) is 0 Å². The second kappa shape index (κ2) is 4.39. The lowest BCUT2D eigenvalue weighted by atomic mass is 10.1. The fourth-order valence-electron chi connectivity index (χ4n) is 2.49. The van der Waals surface area contributed by atoms with Gasteiger partial charge in [-0.3, -0.25) is 0 Å². The molecule has 3 heteroatoms. The Morgan fingerprint density at radius 2 is 2.29 bits per heavy atom. The normalized spacial score (nSPS) is 20.2. The minimum Gasteiger partial charge on any atom is -0.316 e. The van der Waals surface area contributed by atoms with E-state index in [9.17, 15) is 0 Å². The molecular weight excluding hydrogens is 228 g/mol. The average Bonchev–Trinajstić information content (AvgIpc) is 2.93. The molecule has 0 radical (unpaired) electrons. The number of rotatable bonds is 2. The van der Waals surface area contributed by atoms with Crippen molar-refractivity contribution in [3.63, 3.8) is 0 Å². The highest BCUT2D eigenvalue weighted by molar-refractivity contribution is 7.18. The first-order valence-corrected chi connectivity index (χ1v) is 7.12. The van der Waals surface area contributed by atoms with Gasteiger partial charge in [-0.25, -0.2) is 4.98 Å². The molecule has 2 heterocycles. The Balaban J connectivity index is 1.93. The van der Waals surface area contributed by atoms with Crippen LogP contribution in [0.5, 0.6) is 0 Å². The van der Waals surface area contributed by atoms with Gasteiger partial charge in [0.05, 0.1) is 15.2 Å². The molecule has 17 heavy (non-hydrogen) atoms. The zero-order valence-electron chi connectivity index (χ0n) is 10.4. The number of hydrogen-bond donors (Lipinski definition) is 1. The van der Waals surface area contributed by atoms with E-state index in [-0.39, 0.29) is 0 Å². The highest BCUT2D eigenvalue weighted by Gasteiger charge is 2.17. The Labute approximate surface area is 106 Å². The summed E-state index contributed by atoms with van der Waals surface area (Å²) in [4.78, 5) is 4.83. The molecule has 1 N–H and O–H groups in total. The van der Waals surface area contributed by atoms with Gasteiger partial charge in [-0.05, 0) is 56.5 Å². The molecule has 1 aliphatic rings. The molecule has 1 saturated heterocycles. The molecule has 2 nitrogen and oxygen atoms in total. The maximum atomic E-state index is 4.83. The van der Waals surface area contributed by atoms with Crippen molar-refractivity contribution in [3.05, 3.63) is 28.3 Å². The molecule has 1 fully saturated rings. The predicted octanol–water partition coefficient (Wildman–Crippen LogP) is 3.07. The molecule has 1 atom stereocenters. The van der Waals surface area contributed by atoms with E-state index < -0.39 is 0 Å². The quantitative estimate of drug-likeness (QED) is 0.881. The van der Waals surface area contributed by atoms with E-state index in [1.807, 2.05) is 11.3 Å². The third-order valence-electron chi connectivity index (χ3n) is 3.75. The molecule has 1 unspecified atom stereocenters. The summed E-state index contributed by atoms with van der Waals surface area (Å²) in [6, 6.07) is 4.42. The van der Waals surface area contributed by atoms with Gasteiger partial charge in [0, 0.05) is 6.42 Å². The van der Waals surface area contributed by atoms with Gasteiger partial charge in [0.15, 0.2) is 0 Å². The SMILES string of the molecule is Cc1ccc2sc(CC3CCNC3)nc2c1C. The maximum absolute atomic E-state index is 4.83. The van der Waals surface area contributed by atoms with Gasteiger partial charge in [-0.2, -0.15) is 0 Å². The number of aryl methyl sites for hydroxylation is 2. The summed E-state index contributed by atoms with van der Waals surface area (Å²) in [6.45, 7) is 6.68. The topological polar surface area (TPSA) is 24.9 Å². The van der Waals surface area contributed by atoms with Crippen molar-refractivity contribution >= 4 is 21.6 Å². The molecule has 1 aromatic heterocycles. The van der Waals surface area contributed by atoms with E-state index in [1.165, 1.54) is 39.3 Å². The van der Waals surface area contributed by atoms with E-state index in [2.05, 4.69) is 31.3 Å². The lowest BCUT2D eigenvalue weighted by Crippen LogP contribution is -2.10. The van der Waals surface area contributed by atoms with Crippen molar-refractivity contribution in [2.24, 2.45) is 5.92 Å². The summed E-state index contributed by atoms with van der Waals surface area (Å²) in [7, 11) is 0. The van der Waals surface area contributed by atoms with E-state index in [1.54, 1.807) is 0 Å². The molecule has 0 aliphatic carbocycles. The number of hydrogen-bond acceptors (Lipinski definition) is 3. The Bertz CT molecular complexity index is 538. The van der Waals surface area contributed by atoms with Crippen LogP contribution in [0, 0.1) is 19.8 Å². The van der Waals surface area contributed by atoms with Crippen LogP contribution in [0.2, 0.25) is 0 Å². The molecule has 1 aliphatic heterocycles. The zero-order chi connectivity index (χ0) is 11.8. The van der Waals surface area contributed by atoms with Crippen molar-refractivity contribution in [1.82, 2.24) is 10.3 Å². The number of aromatic nitrogens is 1. The maximum Gasteiger partial charge on any atom is 0.0942 e. The molecule has 0 amide bonds. The fraction of sp³-hybridized carbons (Fsp3) is 0.500. The molecule has 90 valence electrons. The van der Waals surface area contributed by atoms with Gasteiger partial charge >= 0.3 is 0 Å². The van der Waals surface area contributed by atoms with Gasteiger partial charge in [-0.15, -0.1) is 11.3 Å². The number of thiazole rings is 1. The molecule has 0 saturated carbocycles. The van der Waals surface area contributed by atoms with E-state index in [0.29, 0.717) is 0 Å². The number of nitrogens with zero attached hydrogens (tertiary/aromatic N) is 1. The molecule has 0 bridgehead atoms. The average molecular weight is 246 g/mol. The van der Waals surface area contributed by atoms with Crippen LogP contribution in [0.25, 0.3) is 10.2 Å². The van der Waals surface area contributed by atoms with Crippen LogP contribution in [0.4, 0.5) is 0 Å². The van der Waals surface area contributed by atoms with E-state index in [4.69, 9.17) is 4.98 Å². The van der Waals surface area contributed by atoms with Crippen molar-refractivity contribution in [2.45, 2.75) is 26.7 Å². The van der Waals surface area contributed by atoms with Gasteiger partial charge in [0.1, 0.15) is 0 Å². The Morgan fingerprint density at radius 3 is 3.06 bits per heavy atom. The Hall–Kier alpha value is -0.930. The van der Waals surface area contributed by atoms with Crippen LogP contribution in [0.1, 0.15) is 22.6 Å². The first-order valence-electron chi connectivity index (χ1n) is 6.30. The summed E-state index contributed by atoms with van der Waals surface area (Å²) < 4.78 is 1.34. The molecule has 2 aromatic rings. The molecular formula is C14H18N2S. The number of benzene rings is 1. The van der Waals surface area contributed by atoms with E-state index in [0.717, 1.165) is 18.9 Å². The van der Waals surface area contributed by atoms with Gasteiger partial charge in [-0.1, -0.05) is 6.07 Å². The van der Waals surface area contributed by atoms with Gasteiger partial charge in [0.2, 0.25) is 0 Å². The third-order valence-corrected chi connectivity index (χ3v) is 4.80. The van der Waals surface area contributed by atoms with Crippen LogP contribution < -0.4 is 5.32 Å². The summed E-state index contributed by atoms with van der Waals surface area (Å²) >= 11 is 1.87. The minimum absolute atomic E-state index is 0.789. The minimum atomic E-state index is 0.789. The Kier molecular flexibility index (Phi) is 2.89. The number of nitrogens with one attached hydrogen (secondary N) is 1. The van der Waals surface area contributed by atoms with Crippen LogP contribution in [-0.4, -0.2) is 18.1 Å². The monoisotopic (exact) mass is 246 g/mol. The molecule has 0 spiro atoms. The van der Waals surface area contributed by atoms with E-state index >= 15 is 0 Å². The largest absolute Gasteiger partial charge is 0.316 e. The summed E-state index contributed by atoms with van der Waals surface area (Å²) in [5.74, 6) is 0.789. The lowest BCUT2D eigenvalue weighted by Gasteiger charge is -2.03. The molecule has 1 aromatic carbocycles. The highest BCUT2D eigenvalue weighted by atomic mass is 32.1. The van der Waals surface area contributed by atoms with Gasteiger partial charge < -0.3 is 5.32 Å². The van der Waals surface area contributed by atoms with Gasteiger partial charge in [0.25, 0.3) is 0 Å². The summed E-state index contributed by atoms with van der Waals surface area (Å²) in [6.07, 6.45) is 2.44. The molecule has 3 rings (SSSR count). The predicted molar refractivity (Wildman–Crippen MR) is 73.8 cm³/mol. The van der Waals surface area contributed by atoms with Crippen LogP contribution >= 0.6 is 11.3 Å². The first kappa shape index (κ1) is 11.2. The second-order valence-electron chi connectivity index (χ2n) is 5.02. The fourth-order valence-corrected chi connectivity index (χ4v) is 3.64. The standard InChI is InChI=1S/C14H18N2S/c1-9-3-4-12-14(10(9)2)16-13(17-12)7-11-5-6-15-8-11/h3-4,11,15H,5-8H2,1-2H3. The van der Waals surface area contributed by atoms with Crippen LogP contribution in [0.15, 0.2) is 12.1 Å². The Morgan fingerprint density at radius 1 is 1.41 bits per heavy atom. The third kappa shape index (κ3) is 2.09. The van der Waals surface area contributed by atoms with Crippen molar-refractivity contribution in [2.75, 3.05) is 13.1 Å². The smallest absolute Gasteiger partial charge is 0.0942 e. The van der Waals surface area contributed by atoms with Crippen molar-refractivity contribution < 1.29 is 0 Å². The van der Waals surface area contributed by atoms with Crippen LogP contribution in [-0.2, 0) is 6.42 Å². The lowest BCUT2D eigenvalue weighted by molar-refractivity contribution is 0.579. The zero-order valence-corrected chi connectivity index (χ0v) is 11.2. The van der Waals surface area contributed by atoms with Crippen molar-refractivity contribution in [1.29, 1.82) is 0 Å². The number of fused-ring (bicyclic) bond motifs is 1. The summed E-state index contributed by atoms with van der Waals surface area (Å²) in [5.41, 5.74) is 3.90. The highest BCUT2D eigenvalue weighted by Crippen LogP contribution is 2.28. The van der Waals surface area contributed by atoms with Crippen molar-refractivity contribution in [3.8, 4) is 0 Å². The second-order valence-corrected chi connectivity index (χ2v) is 6.14. The summed E-state index contributed by atoms with van der Waals surface area (Å²) in [5, 5.41) is 4.73. The first-order chi connectivity index (χ1) is 8.24.